The van der Waals surface area contributed by atoms with Crippen molar-refractivity contribution in [2.24, 2.45) is 5.73 Å². The number of ether oxygens (including phenoxy) is 1. The SMILES string of the molecule is NCCC(=O)NC1CCCOc2c(F)cccc21. The molecule has 1 aliphatic rings. The Bertz CT molecular complexity index is 437. The molecule has 0 saturated carbocycles. The quantitative estimate of drug-likeness (QED) is 0.857. The van der Waals surface area contributed by atoms with Crippen LogP contribution in [0.2, 0.25) is 0 Å². The molecule has 1 unspecified atom stereocenters. The van der Waals surface area contributed by atoms with E-state index in [1.54, 1.807) is 12.1 Å². The summed E-state index contributed by atoms with van der Waals surface area (Å²) in [7, 11) is 0. The molecule has 0 radical (unpaired) electrons. The molecule has 0 bridgehead atoms. The van der Waals surface area contributed by atoms with Gasteiger partial charge in [-0.3, -0.25) is 4.79 Å². The molecular weight excluding hydrogens is 235 g/mol. The van der Waals surface area contributed by atoms with Crippen molar-refractivity contribution >= 4 is 5.91 Å². The minimum absolute atomic E-state index is 0.111. The fourth-order valence-corrected chi connectivity index (χ4v) is 2.12. The summed E-state index contributed by atoms with van der Waals surface area (Å²) in [6.45, 7) is 0.780. The lowest BCUT2D eigenvalue weighted by Gasteiger charge is -2.18. The van der Waals surface area contributed by atoms with E-state index in [1.165, 1.54) is 6.07 Å². The van der Waals surface area contributed by atoms with Crippen LogP contribution in [0.3, 0.4) is 0 Å². The molecule has 0 fully saturated rings. The lowest BCUT2D eigenvalue weighted by molar-refractivity contribution is -0.121. The number of carbonyl (C=O) groups is 1. The molecule has 1 aromatic rings. The molecular formula is C13H17FN2O2. The third kappa shape index (κ3) is 2.79. The molecule has 0 saturated heterocycles. The van der Waals surface area contributed by atoms with E-state index >= 15 is 0 Å². The van der Waals surface area contributed by atoms with E-state index in [1.807, 2.05) is 0 Å². The number of nitrogens with one attached hydrogen (secondary N) is 1. The van der Waals surface area contributed by atoms with Gasteiger partial charge in [0.25, 0.3) is 0 Å². The van der Waals surface area contributed by atoms with Gasteiger partial charge >= 0.3 is 0 Å². The van der Waals surface area contributed by atoms with E-state index in [9.17, 15) is 9.18 Å². The number of benzene rings is 1. The molecule has 1 heterocycles. The van der Waals surface area contributed by atoms with Gasteiger partial charge in [-0.05, 0) is 18.9 Å². The van der Waals surface area contributed by atoms with Gasteiger partial charge in [0, 0.05) is 18.5 Å². The summed E-state index contributed by atoms with van der Waals surface area (Å²) in [4.78, 5) is 11.6. The number of para-hydroxylation sites is 1. The van der Waals surface area contributed by atoms with E-state index in [0.717, 1.165) is 12.8 Å². The van der Waals surface area contributed by atoms with E-state index < -0.39 is 0 Å². The van der Waals surface area contributed by atoms with Gasteiger partial charge in [0.2, 0.25) is 5.91 Å². The Morgan fingerprint density at radius 3 is 3.17 bits per heavy atom. The maximum absolute atomic E-state index is 13.7. The number of hydrogen-bond acceptors (Lipinski definition) is 3. The Morgan fingerprint density at radius 1 is 1.56 bits per heavy atom. The molecule has 18 heavy (non-hydrogen) atoms. The van der Waals surface area contributed by atoms with Crippen molar-refractivity contribution in [1.82, 2.24) is 5.32 Å². The Labute approximate surface area is 105 Å². The monoisotopic (exact) mass is 252 g/mol. The third-order valence-corrected chi connectivity index (χ3v) is 2.96. The van der Waals surface area contributed by atoms with Crippen LogP contribution in [0.15, 0.2) is 18.2 Å². The minimum atomic E-state index is -0.382. The van der Waals surface area contributed by atoms with Crippen LogP contribution in [0.4, 0.5) is 4.39 Å². The number of amides is 1. The number of fused-ring (bicyclic) bond motifs is 1. The van der Waals surface area contributed by atoms with E-state index in [2.05, 4.69) is 5.32 Å². The summed E-state index contributed by atoms with van der Waals surface area (Å²) >= 11 is 0. The van der Waals surface area contributed by atoms with Gasteiger partial charge in [-0.15, -0.1) is 0 Å². The Morgan fingerprint density at radius 2 is 2.39 bits per heavy atom. The first kappa shape index (κ1) is 12.8. The molecule has 1 amide bonds. The maximum atomic E-state index is 13.7. The fourth-order valence-electron chi connectivity index (χ4n) is 2.12. The second kappa shape index (κ2) is 5.82. The number of rotatable bonds is 3. The number of carbonyl (C=O) groups excluding carboxylic acids is 1. The normalized spacial score (nSPS) is 18.4. The van der Waals surface area contributed by atoms with Crippen LogP contribution < -0.4 is 15.8 Å². The zero-order chi connectivity index (χ0) is 13.0. The standard InChI is InChI=1S/C13H17FN2O2/c14-10-4-1-3-9-11(16-12(17)6-7-15)5-2-8-18-13(9)10/h1,3-4,11H,2,5-8,15H2,(H,16,17). The zero-order valence-electron chi connectivity index (χ0n) is 10.1. The molecule has 0 aliphatic carbocycles. The van der Waals surface area contributed by atoms with Crippen molar-refractivity contribution < 1.29 is 13.9 Å². The van der Waals surface area contributed by atoms with Crippen molar-refractivity contribution in [2.45, 2.75) is 25.3 Å². The van der Waals surface area contributed by atoms with E-state index in [0.29, 0.717) is 18.7 Å². The average molecular weight is 252 g/mol. The highest BCUT2D eigenvalue weighted by Gasteiger charge is 2.23. The first-order chi connectivity index (χ1) is 8.72. The highest BCUT2D eigenvalue weighted by Crippen LogP contribution is 2.33. The second-order valence-corrected chi connectivity index (χ2v) is 4.31. The van der Waals surface area contributed by atoms with Crippen molar-refractivity contribution in [3.63, 3.8) is 0 Å². The van der Waals surface area contributed by atoms with Gasteiger partial charge in [-0.25, -0.2) is 4.39 Å². The van der Waals surface area contributed by atoms with Crippen molar-refractivity contribution in [1.29, 1.82) is 0 Å². The molecule has 0 aromatic heterocycles. The number of nitrogens with two attached hydrogens (primary N) is 1. The van der Waals surface area contributed by atoms with Gasteiger partial charge < -0.3 is 15.8 Å². The third-order valence-electron chi connectivity index (χ3n) is 2.96. The molecule has 5 heteroatoms. The zero-order valence-corrected chi connectivity index (χ0v) is 10.1. The Balaban J connectivity index is 2.22. The number of halogens is 1. The molecule has 1 aliphatic heterocycles. The van der Waals surface area contributed by atoms with Gasteiger partial charge in [-0.2, -0.15) is 0 Å². The molecule has 3 N–H and O–H groups in total. The van der Waals surface area contributed by atoms with Crippen LogP contribution in [0, 0.1) is 5.82 Å². The molecule has 98 valence electrons. The highest BCUT2D eigenvalue weighted by atomic mass is 19.1. The van der Waals surface area contributed by atoms with Crippen LogP contribution in [0.25, 0.3) is 0 Å². The topological polar surface area (TPSA) is 64.4 Å². The van der Waals surface area contributed by atoms with Crippen molar-refractivity contribution in [3.8, 4) is 5.75 Å². The summed E-state index contributed by atoms with van der Waals surface area (Å²) in [6.07, 6.45) is 1.80. The lowest BCUT2D eigenvalue weighted by Crippen LogP contribution is -2.29. The summed E-state index contributed by atoms with van der Waals surface area (Å²) < 4.78 is 19.1. The Kier molecular flexibility index (Phi) is 4.15. The summed E-state index contributed by atoms with van der Waals surface area (Å²) in [5, 5.41) is 2.88. The summed E-state index contributed by atoms with van der Waals surface area (Å²) in [5.74, 6) is -0.236. The van der Waals surface area contributed by atoms with E-state index in [-0.39, 0.29) is 29.9 Å². The lowest BCUT2D eigenvalue weighted by atomic mass is 10.0. The van der Waals surface area contributed by atoms with Crippen LogP contribution in [0.5, 0.6) is 5.75 Å². The highest BCUT2D eigenvalue weighted by molar-refractivity contribution is 5.76. The summed E-state index contributed by atoms with van der Waals surface area (Å²) in [5.41, 5.74) is 6.04. The molecule has 1 atom stereocenters. The fraction of sp³-hybridized carbons (Fsp3) is 0.462. The van der Waals surface area contributed by atoms with Crippen LogP contribution in [0.1, 0.15) is 30.9 Å². The summed E-state index contributed by atoms with van der Waals surface area (Å²) in [6, 6.07) is 4.59. The van der Waals surface area contributed by atoms with Gasteiger partial charge in [0.05, 0.1) is 12.6 Å². The van der Waals surface area contributed by atoms with Crippen molar-refractivity contribution in [2.75, 3.05) is 13.2 Å². The second-order valence-electron chi connectivity index (χ2n) is 4.31. The minimum Gasteiger partial charge on any atom is -0.490 e. The van der Waals surface area contributed by atoms with E-state index in [4.69, 9.17) is 10.5 Å². The largest absolute Gasteiger partial charge is 0.490 e. The first-order valence-electron chi connectivity index (χ1n) is 6.13. The average Bonchev–Trinajstić information content (AvgIpc) is 2.54. The van der Waals surface area contributed by atoms with Crippen LogP contribution in [-0.2, 0) is 4.79 Å². The van der Waals surface area contributed by atoms with Gasteiger partial charge in [-0.1, -0.05) is 12.1 Å². The molecule has 4 nitrogen and oxygen atoms in total. The Hall–Kier alpha value is -1.62. The first-order valence-corrected chi connectivity index (χ1v) is 6.13. The van der Waals surface area contributed by atoms with Crippen LogP contribution in [-0.4, -0.2) is 19.1 Å². The molecule has 1 aromatic carbocycles. The van der Waals surface area contributed by atoms with Gasteiger partial charge in [0.1, 0.15) is 0 Å². The van der Waals surface area contributed by atoms with Crippen LogP contribution >= 0.6 is 0 Å². The smallest absolute Gasteiger partial charge is 0.221 e. The molecule has 2 rings (SSSR count). The maximum Gasteiger partial charge on any atom is 0.221 e. The van der Waals surface area contributed by atoms with Gasteiger partial charge in [0.15, 0.2) is 11.6 Å². The predicted molar refractivity (Wildman–Crippen MR) is 65.7 cm³/mol. The number of hydrogen-bond donors (Lipinski definition) is 2. The molecule has 0 spiro atoms. The van der Waals surface area contributed by atoms with Crippen molar-refractivity contribution in [3.05, 3.63) is 29.6 Å². The predicted octanol–water partition coefficient (Wildman–Crippen LogP) is 1.50.